The Morgan fingerprint density at radius 2 is 1.60 bits per heavy atom. The van der Waals surface area contributed by atoms with Crippen LogP contribution in [0.3, 0.4) is 0 Å². The van der Waals surface area contributed by atoms with Crippen molar-refractivity contribution >= 4 is 11.1 Å². The fraction of sp³-hybridized carbons (Fsp3) is 0.0909. The van der Waals surface area contributed by atoms with Crippen molar-refractivity contribution in [3.63, 3.8) is 0 Å². The van der Waals surface area contributed by atoms with Gasteiger partial charge in [0.15, 0.2) is 0 Å². The summed E-state index contributed by atoms with van der Waals surface area (Å²) in [7, 11) is 0. The Labute approximate surface area is 145 Å². The molecule has 0 atom stereocenters. The number of aromatic hydroxyl groups is 2. The van der Waals surface area contributed by atoms with Crippen LogP contribution in [0, 0.1) is 12.7 Å². The van der Waals surface area contributed by atoms with Crippen molar-refractivity contribution in [1.82, 2.24) is 0 Å². The molecule has 0 unspecified atom stereocenters. The molecule has 1 aliphatic carbocycles. The number of hydrogen-bond acceptors (Lipinski definition) is 2. The van der Waals surface area contributed by atoms with Crippen molar-refractivity contribution < 1.29 is 14.6 Å². The molecule has 2 N–H and O–H groups in total. The molecule has 3 aromatic carbocycles. The van der Waals surface area contributed by atoms with E-state index >= 15 is 0 Å². The minimum atomic E-state index is -0.446. The van der Waals surface area contributed by atoms with E-state index in [9.17, 15) is 14.6 Å². The number of halogens is 1. The van der Waals surface area contributed by atoms with Crippen LogP contribution in [0.4, 0.5) is 4.39 Å². The number of phenols is 2. The van der Waals surface area contributed by atoms with Crippen molar-refractivity contribution in [1.29, 1.82) is 0 Å². The summed E-state index contributed by atoms with van der Waals surface area (Å²) in [6, 6.07) is 17.5. The second kappa shape index (κ2) is 5.78. The van der Waals surface area contributed by atoms with Crippen LogP contribution in [0.15, 0.2) is 60.7 Å². The van der Waals surface area contributed by atoms with Crippen LogP contribution in [0.1, 0.15) is 27.8 Å². The maximum Gasteiger partial charge on any atom is 0.134 e. The molecule has 0 heterocycles. The number of benzene rings is 3. The van der Waals surface area contributed by atoms with E-state index in [0.29, 0.717) is 12.0 Å². The van der Waals surface area contributed by atoms with E-state index in [4.69, 9.17) is 0 Å². The highest BCUT2D eigenvalue weighted by molar-refractivity contribution is 6.04. The van der Waals surface area contributed by atoms with Crippen LogP contribution in [-0.4, -0.2) is 10.2 Å². The molecule has 0 spiro atoms. The third-order valence-corrected chi connectivity index (χ3v) is 4.72. The molecule has 3 heteroatoms. The molecule has 4 rings (SSSR count). The van der Waals surface area contributed by atoms with Crippen molar-refractivity contribution in [3.8, 4) is 11.5 Å². The third-order valence-electron chi connectivity index (χ3n) is 4.72. The number of hydrogen-bond donors (Lipinski definition) is 2. The number of phenolic OH excluding ortho intramolecular Hbond substituents is 2. The Kier molecular flexibility index (Phi) is 3.57. The van der Waals surface area contributed by atoms with E-state index in [1.54, 1.807) is 18.2 Å². The van der Waals surface area contributed by atoms with Gasteiger partial charge in [-0.1, -0.05) is 30.3 Å². The van der Waals surface area contributed by atoms with E-state index in [-0.39, 0.29) is 11.5 Å². The fourth-order valence-electron chi connectivity index (χ4n) is 3.60. The molecule has 25 heavy (non-hydrogen) atoms. The molecule has 0 aliphatic heterocycles. The standard InChI is InChI=1S/C22H17FO2/c1-13-9-16(25)10-19-18(13)12-20(17-8-7-15(24)11-21(17)23)22(19)14-5-3-2-4-6-14/h2-11,24-25H,12H2,1H3. The second-order valence-electron chi connectivity index (χ2n) is 6.35. The van der Waals surface area contributed by atoms with Gasteiger partial charge in [-0.25, -0.2) is 4.39 Å². The van der Waals surface area contributed by atoms with Gasteiger partial charge in [0.25, 0.3) is 0 Å². The van der Waals surface area contributed by atoms with Gasteiger partial charge in [-0.3, -0.25) is 0 Å². The molecule has 0 saturated carbocycles. The Morgan fingerprint density at radius 1 is 0.840 bits per heavy atom. The summed E-state index contributed by atoms with van der Waals surface area (Å²) in [6.07, 6.45) is 0.591. The lowest BCUT2D eigenvalue weighted by Crippen LogP contribution is -1.93. The van der Waals surface area contributed by atoms with Crippen molar-refractivity contribution in [3.05, 3.63) is 94.3 Å². The molecule has 0 aromatic heterocycles. The van der Waals surface area contributed by atoms with Crippen LogP contribution in [-0.2, 0) is 6.42 Å². The van der Waals surface area contributed by atoms with Crippen LogP contribution >= 0.6 is 0 Å². The number of fused-ring (bicyclic) bond motifs is 1. The lowest BCUT2D eigenvalue weighted by atomic mass is 9.94. The monoisotopic (exact) mass is 332 g/mol. The maximum absolute atomic E-state index is 14.6. The molecule has 1 aliphatic rings. The summed E-state index contributed by atoms with van der Waals surface area (Å²) in [5.74, 6) is -0.331. The summed E-state index contributed by atoms with van der Waals surface area (Å²) in [5.41, 5.74) is 6.27. The predicted molar refractivity (Wildman–Crippen MR) is 97.0 cm³/mol. The average molecular weight is 332 g/mol. The lowest BCUT2D eigenvalue weighted by molar-refractivity contribution is 0.468. The molecular weight excluding hydrogens is 315 g/mol. The smallest absolute Gasteiger partial charge is 0.134 e. The second-order valence-corrected chi connectivity index (χ2v) is 6.35. The van der Waals surface area contributed by atoms with Crippen LogP contribution in [0.25, 0.3) is 11.1 Å². The van der Waals surface area contributed by atoms with Crippen molar-refractivity contribution in [2.75, 3.05) is 0 Å². The predicted octanol–water partition coefficient (Wildman–Crippen LogP) is 5.06. The Hall–Kier alpha value is -3.07. The van der Waals surface area contributed by atoms with Gasteiger partial charge in [0.05, 0.1) is 0 Å². The Balaban J connectivity index is 2.02. The van der Waals surface area contributed by atoms with E-state index in [1.807, 2.05) is 37.3 Å². The number of aryl methyl sites for hydroxylation is 1. The van der Waals surface area contributed by atoms with Crippen LogP contribution in [0.2, 0.25) is 0 Å². The molecule has 0 radical (unpaired) electrons. The van der Waals surface area contributed by atoms with Gasteiger partial charge in [-0.15, -0.1) is 0 Å². The topological polar surface area (TPSA) is 40.5 Å². The van der Waals surface area contributed by atoms with E-state index in [1.165, 1.54) is 6.07 Å². The summed E-state index contributed by atoms with van der Waals surface area (Å²) in [6.45, 7) is 1.96. The number of allylic oxidation sites excluding steroid dienone is 1. The molecule has 0 fully saturated rings. The van der Waals surface area contributed by atoms with Gasteiger partial charge >= 0.3 is 0 Å². The highest BCUT2D eigenvalue weighted by Gasteiger charge is 2.27. The first kappa shape index (κ1) is 15.5. The first-order chi connectivity index (χ1) is 12.0. The first-order valence-corrected chi connectivity index (χ1v) is 8.15. The minimum Gasteiger partial charge on any atom is -0.508 e. The zero-order valence-electron chi connectivity index (χ0n) is 13.8. The molecule has 0 amide bonds. The van der Waals surface area contributed by atoms with Gasteiger partial charge < -0.3 is 10.2 Å². The maximum atomic E-state index is 14.6. The van der Waals surface area contributed by atoms with Crippen LogP contribution < -0.4 is 0 Å². The fourth-order valence-corrected chi connectivity index (χ4v) is 3.60. The van der Waals surface area contributed by atoms with E-state index in [0.717, 1.165) is 39.5 Å². The van der Waals surface area contributed by atoms with Gasteiger partial charge in [0.2, 0.25) is 0 Å². The molecule has 3 aromatic rings. The molecule has 2 nitrogen and oxygen atoms in total. The summed E-state index contributed by atoms with van der Waals surface area (Å²) < 4.78 is 14.6. The van der Waals surface area contributed by atoms with E-state index in [2.05, 4.69) is 0 Å². The molecule has 0 bridgehead atoms. The van der Waals surface area contributed by atoms with Gasteiger partial charge in [0, 0.05) is 11.6 Å². The van der Waals surface area contributed by atoms with Gasteiger partial charge in [0.1, 0.15) is 17.3 Å². The summed E-state index contributed by atoms with van der Waals surface area (Å²) in [4.78, 5) is 0. The highest BCUT2D eigenvalue weighted by atomic mass is 19.1. The third kappa shape index (κ3) is 2.58. The molecule has 124 valence electrons. The zero-order chi connectivity index (χ0) is 17.6. The molecule has 0 saturated heterocycles. The minimum absolute atomic E-state index is 0.0903. The van der Waals surface area contributed by atoms with Crippen molar-refractivity contribution in [2.24, 2.45) is 0 Å². The largest absolute Gasteiger partial charge is 0.508 e. The quantitative estimate of drug-likeness (QED) is 0.688. The highest BCUT2D eigenvalue weighted by Crippen LogP contribution is 2.45. The summed E-state index contributed by atoms with van der Waals surface area (Å²) >= 11 is 0. The average Bonchev–Trinajstić information content (AvgIpc) is 2.95. The zero-order valence-corrected chi connectivity index (χ0v) is 13.8. The SMILES string of the molecule is Cc1cc(O)cc2c1CC(c1ccc(O)cc1F)=C2c1ccccc1. The lowest BCUT2D eigenvalue weighted by Gasteiger charge is -2.11. The normalized spacial score (nSPS) is 13.2. The Morgan fingerprint density at radius 3 is 2.32 bits per heavy atom. The summed E-state index contributed by atoms with van der Waals surface area (Å²) in [5, 5.41) is 19.6. The van der Waals surface area contributed by atoms with E-state index < -0.39 is 5.82 Å². The van der Waals surface area contributed by atoms with Crippen molar-refractivity contribution in [2.45, 2.75) is 13.3 Å². The molecular formula is C22H17FO2. The van der Waals surface area contributed by atoms with Gasteiger partial charge in [-0.05, 0) is 71.0 Å². The Bertz CT molecular complexity index is 1000. The first-order valence-electron chi connectivity index (χ1n) is 8.15. The van der Waals surface area contributed by atoms with Crippen LogP contribution in [0.5, 0.6) is 11.5 Å². The van der Waals surface area contributed by atoms with Gasteiger partial charge in [-0.2, -0.15) is 0 Å². The number of rotatable bonds is 2.